The molecule has 1 heterocycles. The van der Waals surface area contributed by atoms with Gasteiger partial charge in [0.2, 0.25) is 0 Å². The van der Waals surface area contributed by atoms with Crippen molar-refractivity contribution in [3.8, 4) is 22.4 Å². The third-order valence-corrected chi connectivity index (χ3v) is 6.21. The van der Waals surface area contributed by atoms with Gasteiger partial charge in [-0.1, -0.05) is 68.8 Å². The molecule has 0 atom stereocenters. The fourth-order valence-corrected chi connectivity index (χ4v) is 4.12. The fourth-order valence-electron chi connectivity index (χ4n) is 4.12. The largest absolute Gasteiger partial charge is 0.256 e. The summed E-state index contributed by atoms with van der Waals surface area (Å²) in [4.78, 5) is 4.27. The van der Waals surface area contributed by atoms with Gasteiger partial charge in [-0.2, -0.15) is 0 Å². The Labute approximate surface area is 199 Å². The van der Waals surface area contributed by atoms with Gasteiger partial charge in [0.15, 0.2) is 11.6 Å². The summed E-state index contributed by atoms with van der Waals surface area (Å²) >= 11 is 0. The van der Waals surface area contributed by atoms with Crippen LogP contribution in [0.5, 0.6) is 0 Å². The highest BCUT2D eigenvalue weighted by atomic mass is 19.2. The Balaban J connectivity index is 1.45. The number of nitrogens with zero attached hydrogens (tertiary/aromatic N) is 1. The molecule has 0 saturated carbocycles. The molecular weight excluding hydrogens is 431 g/mol. The summed E-state index contributed by atoms with van der Waals surface area (Å²) in [7, 11) is 0. The molecular formula is C30H28F3N. The standard InChI is InChI=1S/C30H28F3N/c1-3-5-23-13-14-25(18-27(23)31)22-10-6-21(7-11-22)8-12-24-15-16-26(30(33)29(24)32)28-17-9-20(4-2)19-34-28/h6-7,9-11,13-19H,3-5,8,12H2,1-2H3. The van der Waals surface area contributed by atoms with Crippen molar-refractivity contribution in [2.24, 2.45) is 0 Å². The summed E-state index contributed by atoms with van der Waals surface area (Å²) in [6.45, 7) is 4.05. The molecule has 0 N–H and O–H groups in total. The predicted octanol–water partition coefficient (Wildman–Crippen LogP) is 8.13. The quantitative estimate of drug-likeness (QED) is 0.259. The number of hydrogen-bond donors (Lipinski definition) is 0. The Morgan fingerprint density at radius 2 is 1.35 bits per heavy atom. The lowest BCUT2D eigenvalue weighted by atomic mass is 9.98. The topological polar surface area (TPSA) is 12.9 Å². The van der Waals surface area contributed by atoms with Gasteiger partial charge in [-0.3, -0.25) is 4.98 Å². The molecule has 174 valence electrons. The van der Waals surface area contributed by atoms with Crippen LogP contribution in [0, 0.1) is 17.5 Å². The van der Waals surface area contributed by atoms with E-state index in [1.165, 1.54) is 0 Å². The third-order valence-electron chi connectivity index (χ3n) is 6.21. The second-order valence-corrected chi connectivity index (χ2v) is 8.56. The van der Waals surface area contributed by atoms with Crippen LogP contribution in [0.15, 0.2) is 72.9 Å². The maximum absolute atomic E-state index is 14.8. The lowest BCUT2D eigenvalue weighted by Crippen LogP contribution is -2.00. The first-order valence-corrected chi connectivity index (χ1v) is 11.8. The summed E-state index contributed by atoms with van der Waals surface area (Å²) in [5, 5.41) is 0. The van der Waals surface area contributed by atoms with Crippen molar-refractivity contribution < 1.29 is 13.2 Å². The average Bonchev–Trinajstić information content (AvgIpc) is 2.87. The molecule has 0 saturated heterocycles. The highest BCUT2D eigenvalue weighted by Crippen LogP contribution is 2.27. The zero-order valence-electron chi connectivity index (χ0n) is 19.5. The molecule has 0 aliphatic rings. The molecule has 0 amide bonds. The van der Waals surface area contributed by atoms with Gasteiger partial charge in [0.1, 0.15) is 5.82 Å². The smallest absolute Gasteiger partial charge is 0.168 e. The first-order valence-electron chi connectivity index (χ1n) is 11.8. The summed E-state index contributed by atoms with van der Waals surface area (Å²) in [6, 6.07) is 20.0. The van der Waals surface area contributed by atoms with E-state index in [2.05, 4.69) is 4.98 Å². The number of aryl methyl sites for hydroxylation is 4. The maximum Gasteiger partial charge on any atom is 0.168 e. The molecule has 0 spiro atoms. The van der Waals surface area contributed by atoms with E-state index in [4.69, 9.17) is 0 Å². The van der Waals surface area contributed by atoms with Gasteiger partial charge in [0, 0.05) is 11.8 Å². The minimum absolute atomic E-state index is 0.172. The molecule has 0 radical (unpaired) electrons. The van der Waals surface area contributed by atoms with Crippen molar-refractivity contribution in [1.29, 1.82) is 0 Å². The van der Waals surface area contributed by atoms with Crippen LogP contribution >= 0.6 is 0 Å². The summed E-state index contributed by atoms with van der Waals surface area (Å²) in [6.07, 6.45) is 5.12. The molecule has 0 aliphatic carbocycles. The Bertz CT molecular complexity index is 1260. The molecule has 1 aromatic heterocycles. The van der Waals surface area contributed by atoms with Gasteiger partial charge >= 0.3 is 0 Å². The number of benzene rings is 3. The number of aromatic nitrogens is 1. The molecule has 3 aromatic carbocycles. The molecule has 4 aromatic rings. The Morgan fingerprint density at radius 1 is 0.647 bits per heavy atom. The predicted molar refractivity (Wildman–Crippen MR) is 132 cm³/mol. The highest BCUT2D eigenvalue weighted by Gasteiger charge is 2.15. The van der Waals surface area contributed by atoms with Crippen LogP contribution in [0.25, 0.3) is 22.4 Å². The van der Waals surface area contributed by atoms with Crippen molar-refractivity contribution in [3.63, 3.8) is 0 Å². The number of rotatable bonds is 8. The van der Waals surface area contributed by atoms with Gasteiger partial charge in [-0.25, -0.2) is 13.2 Å². The number of pyridine rings is 1. The molecule has 0 fully saturated rings. The molecule has 4 rings (SSSR count). The normalized spacial score (nSPS) is 11.1. The lowest BCUT2D eigenvalue weighted by Gasteiger charge is -2.10. The number of halogens is 3. The highest BCUT2D eigenvalue weighted by molar-refractivity contribution is 5.64. The monoisotopic (exact) mass is 459 g/mol. The zero-order chi connectivity index (χ0) is 24.1. The van der Waals surface area contributed by atoms with Gasteiger partial charge in [-0.05, 0) is 77.3 Å². The second kappa shape index (κ2) is 10.7. The maximum atomic E-state index is 14.8. The molecule has 0 aliphatic heterocycles. The van der Waals surface area contributed by atoms with Crippen molar-refractivity contribution >= 4 is 0 Å². The molecule has 0 bridgehead atoms. The van der Waals surface area contributed by atoms with Gasteiger partial charge in [0.25, 0.3) is 0 Å². The van der Waals surface area contributed by atoms with Crippen LogP contribution in [0.1, 0.15) is 42.5 Å². The first kappa shape index (κ1) is 23.7. The third kappa shape index (κ3) is 5.22. The summed E-state index contributed by atoms with van der Waals surface area (Å²) < 4.78 is 43.8. The molecule has 0 unspecified atom stereocenters. The van der Waals surface area contributed by atoms with E-state index in [1.54, 1.807) is 30.5 Å². The Kier molecular flexibility index (Phi) is 7.46. The van der Waals surface area contributed by atoms with E-state index in [0.29, 0.717) is 24.1 Å². The SMILES string of the molecule is CCCc1ccc(-c2ccc(CCc3ccc(-c4ccc(CC)cn4)c(F)c3F)cc2)cc1F. The molecule has 34 heavy (non-hydrogen) atoms. The summed E-state index contributed by atoms with van der Waals surface area (Å²) in [5.41, 5.74) is 5.47. The van der Waals surface area contributed by atoms with Crippen molar-refractivity contribution in [2.75, 3.05) is 0 Å². The zero-order valence-corrected chi connectivity index (χ0v) is 19.5. The Hall–Kier alpha value is -3.40. The lowest BCUT2D eigenvalue weighted by molar-refractivity contribution is 0.500. The summed E-state index contributed by atoms with van der Waals surface area (Å²) in [5.74, 6) is -1.86. The van der Waals surface area contributed by atoms with Gasteiger partial charge in [0.05, 0.1) is 5.69 Å². The van der Waals surface area contributed by atoms with Gasteiger partial charge < -0.3 is 0 Å². The average molecular weight is 460 g/mol. The first-order chi connectivity index (χ1) is 16.5. The van der Waals surface area contributed by atoms with Crippen LogP contribution in [0.4, 0.5) is 13.2 Å². The van der Waals surface area contributed by atoms with E-state index in [-0.39, 0.29) is 11.4 Å². The Morgan fingerprint density at radius 3 is 2.00 bits per heavy atom. The van der Waals surface area contributed by atoms with Crippen molar-refractivity contribution in [1.82, 2.24) is 4.98 Å². The van der Waals surface area contributed by atoms with Crippen LogP contribution in [0.3, 0.4) is 0 Å². The van der Waals surface area contributed by atoms with E-state index >= 15 is 0 Å². The molecule has 1 nitrogen and oxygen atoms in total. The van der Waals surface area contributed by atoms with E-state index in [0.717, 1.165) is 47.1 Å². The van der Waals surface area contributed by atoms with Crippen LogP contribution < -0.4 is 0 Å². The minimum atomic E-state index is -0.863. The van der Waals surface area contributed by atoms with Crippen LogP contribution in [0.2, 0.25) is 0 Å². The van der Waals surface area contributed by atoms with Crippen molar-refractivity contribution in [2.45, 2.75) is 46.0 Å². The minimum Gasteiger partial charge on any atom is -0.256 e. The second-order valence-electron chi connectivity index (χ2n) is 8.56. The van der Waals surface area contributed by atoms with E-state index in [1.807, 2.05) is 56.3 Å². The molecule has 4 heteroatoms. The van der Waals surface area contributed by atoms with E-state index in [9.17, 15) is 13.2 Å². The van der Waals surface area contributed by atoms with Gasteiger partial charge in [-0.15, -0.1) is 0 Å². The number of hydrogen-bond acceptors (Lipinski definition) is 1. The van der Waals surface area contributed by atoms with Crippen molar-refractivity contribution in [3.05, 3.63) is 113 Å². The van der Waals surface area contributed by atoms with Crippen LogP contribution in [-0.4, -0.2) is 4.98 Å². The van der Waals surface area contributed by atoms with Crippen LogP contribution in [-0.2, 0) is 25.7 Å². The van der Waals surface area contributed by atoms with E-state index < -0.39 is 11.6 Å². The fraction of sp³-hybridized carbons (Fsp3) is 0.233.